The van der Waals surface area contributed by atoms with Gasteiger partial charge in [0.05, 0.1) is 24.3 Å². The molecule has 0 bridgehead atoms. The van der Waals surface area contributed by atoms with Gasteiger partial charge in [-0.05, 0) is 0 Å². The molecule has 0 unspecified atom stereocenters. The summed E-state index contributed by atoms with van der Waals surface area (Å²) in [6, 6.07) is 0. The summed E-state index contributed by atoms with van der Waals surface area (Å²) < 4.78 is 0. The van der Waals surface area contributed by atoms with E-state index in [2.05, 4.69) is 15.3 Å². The number of rotatable bonds is 1. The first kappa shape index (κ1) is 8.46. The Morgan fingerprint density at radius 1 is 1.69 bits per heavy atom. The van der Waals surface area contributed by atoms with Gasteiger partial charge in [0.25, 0.3) is 0 Å². The van der Waals surface area contributed by atoms with Gasteiger partial charge in [0.2, 0.25) is 5.91 Å². The number of aliphatic hydroxyl groups excluding tert-OH is 1. The molecule has 6 heteroatoms. The standard InChI is InChI=1S/C7H7N3O2S/c11-2-4-1-8-7-6(9-4)10-5(12)3-13-7/h1,11H,2-3H2,(H,9,10,12). The van der Waals surface area contributed by atoms with Crippen LogP contribution in [-0.4, -0.2) is 26.7 Å². The van der Waals surface area contributed by atoms with Gasteiger partial charge in [-0.2, -0.15) is 0 Å². The number of amides is 1. The van der Waals surface area contributed by atoms with Gasteiger partial charge in [0.15, 0.2) is 5.82 Å². The summed E-state index contributed by atoms with van der Waals surface area (Å²) in [6.07, 6.45) is 1.50. The van der Waals surface area contributed by atoms with E-state index in [0.29, 0.717) is 22.3 Å². The Bertz CT molecular complexity index is 356. The second-order valence-corrected chi connectivity index (χ2v) is 3.47. The normalized spacial score (nSPS) is 15.0. The lowest BCUT2D eigenvalue weighted by Crippen LogP contribution is -2.20. The van der Waals surface area contributed by atoms with E-state index in [4.69, 9.17) is 5.11 Å². The summed E-state index contributed by atoms with van der Waals surface area (Å²) in [7, 11) is 0. The van der Waals surface area contributed by atoms with Crippen LogP contribution in [-0.2, 0) is 11.4 Å². The first-order chi connectivity index (χ1) is 6.29. The van der Waals surface area contributed by atoms with Crippen LogP contribution >= 0.6 is 11.8 Å². The third-order valence-electron chi connectivity index (χ3n) is 1.55. The predicted molar refractivity (Wildman–Crippen MR) is 47.3 cm³/mol. The average Bonchev–Trinajstić information content (AvgIpc) is 2.16. The maximum atomic E-state index is 11.0. The lowest BCUT2D eigenvalue weighted by Gasteiger charge is -2.13. The number of anilines is 1. The number of nitrogens with zero attached hydrogens (tertiary/aromatic N) is 2. The van der Waals surface area contributed by atoms with Crippen molar-refractivity contribution in [3.8, 4) is 0 Å². The van der Waals surface area contributed by atoms with E-state index in [9.17, 15) is 4.79 Å². The van der Waals surface area contributed by atoms with E-state index in [1.165, 1.54) is 18.0 Å². The minimum atomic E-state index is -0.166. The fourth-order valence-corrected chi connectivity index (χ4v) is 1.68. The number of aromatic nitrogens is 2. The molecule has 1 amide bonds. The van der Waals surface area contributed by atoms with Crippen LogP contribution < -0.4 is 5.32 Å². The second-order valence-electron chi connectivity index (χ2n) is 2.51. The smallest absolute Gasteiger partial charge is 0.236 e. The molecule has 0 spiro atoms. The van der Waals surface area contributed by atoms with E-state index in [-0.39, 0.29) is 12.5 Å². The zero-order chi connectivity index (χ0) is 9.26. The van der Waals surface area contributed by atoms with Crippen molar-refractivity contribution in [3.05, 3.63) is 11.9 Å². The number of nitrogens with one attached hydrogen (secondary N) is 1. The number of hydrogen-bond acceptors (Lipinski definition) is 5. The quantitative estimate of drug-likeness (QED) is 0.663. The number of carbonyl (C=O) groups excluding carboxylic acids is 1. The third-order valence-corrected chi connectivity index (χ3v) is 2.53. The fraction of sp³-hybridized carbons (Fsp3) is 0.286. The van der Waals surface area contributed by atoms with Crippen molar-refractivity contribution >= 4 is 23.5 Å². The van der Waals surface area contributed by atoms with E-state index in [1.54, 1.807) is 0 Å². The molecule has 1 aliphatic heterocycles. The summed E-state index contributed by atoms with van der Waals surface area (Å²) >= 11 is 1.35. The topological polar surface area (TPSA) is 75.1 Å². The van der Waals surface area contributed by atoms with Gasteiger partial charge in [-0.15, -0.1) is 0 Å². The van der Waals surface area contributed by atoms with Crippen LogP contribution in [0.3, 0.4) is 0 Å². The zero-order valence-corrected chi connectivity index (χ0v) is 7.47. The molecule has 13 heavy (non-hydrogen) atoms. The Kier molecular flexibility index (Phi) is 2.15. The second kappa shape index (κ2) is 3.31. The number of fused-ring (bicyclic) bond motifs is 1. The van der Waals surface area contributed by atoms with Crippen molar-refractivity contribution in [2.24, 2.45) is 0 Å². The highest BCUT2D eigenvalue weighted by Gasteiger charge is 2.17. The van der Waals surface area contributed by atoms with Crippen LogP contribution in [0.4, 0.5) is 5.82 Å². The molecular weight excluding hydrogens is 190 g/mol. The van der Waals surface area contributed by atoms with Crippen molar-refractivity contribution in [2.45, 2.75) is 11.6 Å². The van der Waals surface area contributed by atoms with Gasteiger partial charge in [-0.1, -0.05) is 11.8 Å². The molecule has 2 N–H and O–H groups in total. The Balaban J connectivity index is 2.38. The van der Waals surface area contributed by atoms with Gasteiger partial charge in [0, 0.05) is 0 Å². The Morgan fingerprint density at radius 2 is 2.54 bits per heavy atom. The van der Waals surface area contributed by atoms with Crippen LogP contribution in [0.2, 0.25) is 0 Å². The van der Waals surface area contributed by atoms with Crippen LogP contribution in [0.1, 0.15) is 5.69 Å². The number of thioether (sulfide) groups is 1. The van der Waals surface area contributed by atoms with Gasteiger partial charge in [-0.3, -0.25) is 4.79 Å². The minimum Gasteiger partial charge on any atom is -0.390 e. The van der Waals surface area contributed by atoms with Crippen LogP contribution in [0, 0.1) is 0 Å². The average molecular weight is 197 g/mol. The monoisotopic (exact) mass is 197 g/mol. The predicted octanol–water partition coefficient (Wildman–Crippen LogP) is 0.0131. The largest absolute Gasteiger partial charge is 0.390 e. The zero-order valence-electron chi connectivity index (χ0n) is 6.65. The molecule has 2 heterocycles. The Hall–Kier alpha value is -1.14. The first-order valence-corrected chi connectivity index (χ1v) is 4.67. The highest BCUT2D eigenvalue weighted by Crippen LogP contribution is 2.26. The van der Waals surface area contributed by atoms with Crippen molar-refractivity contribution in [2.75, 3.05) is 11.1 Å². The van der Waals surface area contributed by atoms with Gasteiger partial charge < -0.3 is 10.4 Å². The van der Waals surface area contributed by atoms with Gasteiger partial charge in [-0.25, -0.2) is 9.97 Å². The maximum absolute atomic E-state index is 11.0. The highest BCUT2D eigenvalue weighted by atomic mass is 32.2. The van der Waals surface area contributed by atoms with Crippen LogP contribution in [0.5, 0.6) is 0 Å². The molecule has 1 aromatic heterocycles. The van der Waals surface area contributed by atoms with E-state index in [1.807, 2.05) is 0 Å². The Morgan fingerprint density at radius 3 is 3.31 bits per heavy atom. The lowest BCUT2D eigenvalue weighted by molar-refractivity contribution is -0.113. The van der Waals surface area contributed by atoms with E-state index in [0.717, 1.165) is 0 Å². The third kappa shape index (κ3) is 1.63. The van der Waals surface area contributed by atoms with Crippen molar-refractivity contribution in [1.82, 2.24) is 9.97 Å². The molecule has 2 rings (SSSR count). The number of aliphatic hydroxyl groups is 1. The van der Waals surface area contributed by atoms with Gasteiger partial charge >= 0.3 is 0 Å². The number of hydrogen-bond donors (Lipinski definition) is 2. The molecule has 1 aliphatic rings. The lowest BCUT2D eigenvalue weighted by atomic mass is 10.4. The highest BCUT2D eigenvalue weighted by molar-refractivity contribution is 8.00. The van der Waals surface area contributed by atoms with E-state index >= 15 is 0 Å². The van der Waals surface area contributed by atoms with Crippen molar-refractivity contribution < 1.29 is 9.90 Å². The van der Waals surface area contributed by atoms with Crippen LogP contribution in [0.25, 0.3) is 0 Å². The molecule has 0 aliphatic carbocycles. The minimum absolute atomic E-state index is 0.0816. The molecule has 0 radical (unpaired) electrons. The van der Waals surface area contributed by atoms with Crippen molar-refractivity contribution in [1.29, 1.82) is 0 Å². The SMILES string of the molecule is O=C1CSc2ncc(CO)nc2N1. The number of carbonyl (C=O) groups is 1. The molecular formula is C7H7N3O2S. The molecule has 1 aromatic rings. The molecule has 0 saturated carbocycles. The molecule has 0 atom stereocenters. The molecule has 68 valence electrons. The molecule has 5 nitrogen and oxygen atoms in total. The molecule has 0 fully saturated rings. The summed E-state index contributed by atoms with van der Waals surface area (Å²) in [6.45, 7) is -0.166. The van der Waals surface area contributed by atoms with E-state index < -0.39 is 0 Å². The molecule has 0 aromatic carbocycles. The fourth-order valence-electron chi connectivity index (χ4n) is 0.980. The van der Waals surface area contributed by atoms with Gasteiger partial charge in [0.1, 0.15) is 5.03 Å². The van der Waals surface area contributed by atoms with Crippen molar-refractivity contribution in [3.63, 3.8) is 0 Å². The first-order valence-electron chi connectivity index (χ1n) is 3.69. The summed E-state index contributed by atoms with van der Waals surface area (Å²) in [5.74, 6) is 0.745. The Labute approximate surface area is 78.6 Å². The summed E-state index contributed by atoms with van der Waals surface area (Å²) in [5, 5.41) is 12.1. The molecule has 0 saturated heterocycles. The summed E-state index contributed by atoms with van der Waals surface area (Å²) in [5.41, 5.74) is 0.460. The summed E-state index contributed by atoms with van der Waals surface area (Å²) in [4.78, 5) is 19.0. The maximum Gasteiger partial charge on any atom is 0.236 e. The van der Waals surface area contributed by atoms with Crippen LogP contribution in [0.15, 0.2) is 11.2 Å².